The Morgan fingerprint density at radius 2 is 2.17 bits per heavy atom. The van der Waals surface area contributed by atoms with Crippen LogP contribution in [0.1, 0.15) is 23.1 Å². The zero-order chi connectivity index (χ0) is 17.9. The van der Waals surface area contributed by atoms with Gasteiger partial charge in [0.15, 0.2) is 0 Å². The molecule has 0 spiro atoms. The van der Waals surface area contributed by atoms with Gasteiger partial charge < -0.3 is 4.90 Å². The van der Waals surface area contributed by atoms with Crippen LogP contribution >= 0.6 is 55.0 Å². The SMILES string of the molecule is C=C(Br)S/C(=C\CC)CN(Cc1ccc(C)s1)c1ccn[nH]1.CBr. The number of H-pyrrole nitrogens is 1. The summed E-state index contributed by atoms with van der Waals surface area (Å²) in [5.41, 5.74) is 0. The van der Waals surface area contributed by atoms with Crippen molar-refractivity contribution in [3.8, 4) is 0 Å². The van der Waals surface area contributed by atoms with E-state index in [9.17, 15) is 0 Å². The number of hydrogen-bond donors (Lipinski definition) is 1. The third-order valence-corrected chi connectivity index (χ3v) is 5.24. The molecule has 0 atom stereocenters. The first-order valence-corrected chi connectivity index (χ1v) is 11.5. The molecule has 0 radical (unpaired) electrons. The molecule has 2 heterocycles. The molecule has 2 aromatic heterocycles. The maximum atomic E-state index is 4.09. The number of aryl methyl sites for hydroxylation is 1. The third-order valence-electron chi connectivity index (χ3n) is 2.99. The molecule has 0 fully saturated rings. The van der Waals surface area contributed by atoms with Crippen LogP contribution < -0.4 is 4.90 Å². The highest BCUT2D eigenvalue weighted by atomic mass is 79.9. The van der Waals surface area contributed by atoms with Gasteiger partial charge in [-0.25, -0.2) is 0 Å². The van der Waals surface area contributed by atoms with Gasteiger partial charge in [-0.3, -0.25) is 5.10 Å². The summed E-state index contributed by atoms with van der Waals surface area (Å²) in [7, 11) is 0. The Labute approximate surface area is 169 Å². The van der Waals surface area contributed by atoms with E-state index in [-0.39, 0.29) is 0 Å². The van der Waals surface area contributed by atoms with Crippen LogP contribution in [0.3, 0.4) is 0 Å². The summed E-state index contributed by atoms with van der Waals surface area (Å²) in [5, 5.41) is 7.16. The molecule has 0 aliphatic rings. The molecule has 3 nitrogen and oxygen atoms in total. The first-order chi connectivity index (χ1) is 11.6. The Balaban J connectivity index is 0.00000139. The molecule has 0 unspecified atom stereocenters. The molecule has 0 saturated carbocycles. The van der Waals surface area contributed by atoms with Crippen molar-refractivity contribution in [3.05, 3.63) is 55.5 Å². The molecule has 2 aromatic rings. The molecule has 7 heteroatoms. The fraction of sp³-hybridized carbons (Fsp3) is 0.353. The van der Waals surface area contributed by atoms with Crippen molar-refractivity contribution in [1.82, 2.24) is 10.2 Å². The number of aromatic nitrogens is 2. The lowest BCUT2D eigenvalue weighted by Gasteiger charge is -2.23. The number of hydrogen-bond acceptors (Lipinski definition) is 4. The number of nitrogens with one attached hydrogen (secondary N) is 1. The topological polar surface area (TPSA) is 31.9 Å². The second-order valence-electron chi connectivity index (χ2n) is 4.85. The van der Waals surface area contributed by atoms with Crippen molar-refractivity contribution in [2.45, 2.75) is 26.8 Å². The lowest BCUT2D eigenvalue weighted by molar-refractivity contribution is 0.843. The van der Waals surface area contributed by atoms with Gasteiger partial charge in [0.05, 0.1) is 19.3 Å². The Morgan fingerprint density at radius 3 is 2.67 bits per heavy atom. The standard InChI is InChI=1S/C16H20BrN3S2.CH3Br/c1-4-5-14(22-13(3)17)10-20(16-8-9-18-19-16)11-15-7-6-12(2)21-15;1-2/h5-9H,3-4,10-11H2,1-2H3,(H,18,19);1H3/b14-5-;. The summed E-state index contributed by atoms with van der Waals surface area (Å²) in [6.45, 7) is 9.94. The summed E-state index contributed by atoms with van der Waals surface area (Å²) in [6.07, 6.45) is 5.06. The molecule has 0 saturated heterocycles. The molecule has 1 N–H and O–H groups in total. The smallest absolute Gasteiger partial charge is 0.124 e. The molecule has 0 aliphatic carbocycles. The number of aromatic amines is 1. The van der Waals surface area contributed by atoms with E-state index in [2.05, 4.69) is 85.6 Å². The summed E-state index contributed by atoms with van der Waals surface area (Å²) in [4.78, 5) is 6.29. The zero-order valence-electron chi connectivity index (χ0n) is 14.2. The van der Waals surface area contributed by atoms with E-state index in [0.29, 0.717) is 0 Å². The zero-order valence-corrected chi connectivity index (χ0v) is 19.0. The number of alkyl halides is 1. The predicted octanol–water partition coefficient (Wildman–Crippen LogP) is 6.69. The fourth-order valence-electron chi connectivity index (χ4n) is 2.11. The molecule has 132 valence electrons. The quantitative estimate of drug-likeness (QED) is 0.416. The Bertz CT molecular complexity index is 636. The third kappa shape index (κ3) is 7.59. The number of allylic oxidation sites excluding steroid dienone is 1. The first kappa shape index (κ1) is 21.5. The number of rotatable bonds is 8. The molecular weight excluding hydrogens is 470 g/mol. The minimum atomic E-state index is 0.836. The maximum absolute atomic E-state index is 4.09. The van der Waals surface area contributed by atoms with Gasteiger partial charge in [0.2, 0.25) is 0 Å². The van der Waals surface area contributed by atoms with E-state index in [1.54, 1.807) is 18.0 Å². The average molecular weight is 493 g/mol. The summed E-state index contributed by atoms with van der Waals surface area (Å²) in [5.74, 6) is 2.85. The highest BCUT2D eigenvalue weighted by Crippen LogP contribution is 2.31. The average Bonchev–Trinajstić information content (AvgIpc) is 3.20. The number of thioether (sulfide) groups is 1. The largest absolute Gasteiger partial charge is 0.347 e. The second-order valence-corrected chi connectivity index (χ2v) is 8.92. The van der Waals surface area contributed by atoms with Crippen molar-refractivity contribution in [3.63, 3.8) is 0 Å². The van der Waals surface area contributed by atoms with Crippen LogP contribution in [0.15, 0.2) is 45.8 Å². The highest BCUT2D eigenvalue weighted by molar-refractivity contribution is 9.14. The lowest BCUT2D eigenvalue weighted by Crippen LogP contribution is -2.24. The van der Waals surface area contributed by atoms with E-state index >= 15 is 0 Å². The van der Waals surface area contributed by atoms with Crippen molar-refractivity contribution < 1.29 is 0 Å². The molecular formula is C17H23Br2N3S2. The minimum Gasteiger partial charge on any atom is -0.347 e. The Morgan fingerprint density at radius 1 is 1.42 bits per heavy atom. The summed E-state index contributed by atoms with van der Waals surface area (Å²) >= 11 is 9.90. The summed E-state index contributed by atoms with van der Waals surface area (Å²) < 4.78 is 0.934. The van der Waals surface area contributed by atoms with Gasteiger partial charge in [-0.05, 0) is 47.2 Å². The van der Waals surface area contributed by atoms with Gasteiger partial charge in [0.1, 0.15) is 5.82 Å². The van der Waals surface area contributed by atoms with Gasteiger partial charge in [-0.15, -0.1) is 11.3 Å². The maximum Gasteiger partial charge on any atom is 0.124 e. The van der Waals surface area contributed by atoms with Crippen molar-refractivity contribution in [1.29, 1.82) is 0 Å². The Hall–Kier alpha value is -0.500. The van der Waals surface area contributed by atoms with Crippen molar-refractivity contribution >= 4 is 60.8 Å². The van der Waals surface area contributed by atoms with Crippen LogP contribution in [0.2, 0.25) is 0 Å². The van der Waals surface area contributed by atoms with Crippen LogP contribution in [0.4, 0.5) is 5.82 Å². The monoisotopic (exact) mass is 491 g/mol. The molecule has 24 heavy (non-hydrogen) atoms. The van der Waals surface area contributed by atoms with E-state index in [1.807, 2.05) is 23.2 Å². The predicted molar refractivity (Wildman–Crippen MR) is 118 cm³/mol. The highest BCUT2D eigenvalue weighted by Gasteiger charge is 2.13. The molecule has 0 aliphatic heterocycles. The number of anilines is 1. The molecule has 0 aromatic carbocycles. The van der Waals surface area contributed by atoms with Crippen LogP contribution in [-0.4, -0.2) is 22.6 Å². The van der Waals surface area contributed by atoms with Crippen LogP contribution in [0, 0.1) is 6.92 Å². The van der Waals surface area contributed by atoms with Gasteiger partial charge in [0.25, 0.3) is 0 Å². The van der Waals surface area contributed by atoms with E-state index < -0.39 is 0 Å². The molecule has 0 bridgehead atoms. The van der Waals surface area contributed by atoms with E-state index in [1.165, 1.54) is 14.7 Å². The number of thiophene rings is 1. The Kier molecular flexibility index (Phi) is 10.7. The van der Waals surface area contributed by atoms with Crippen LogP contribution in [-0.2, 0) is 6.54 Å². The minimum absolute atomic E-state index is 0.836. The van der Waals surface area contributed by atoms with Gasteiger partial charge in [-0.1, -0.05) is 47.3 Å². The van der Waals surface area contributed by atoms with Gasteiger partial charge >= 0.3 is 0 Å². The molecule has 0 amide bonds. The van der Waals surface area contributed by atoms with Gasteiger partial charge in [0, 0.05) is 24.5 Å². The second kappa shape index (κ2) is 12.0. The van der Waals surface area contributed by atoms with Crippen molar-refractivity contribution in [2.24, 2.45) is 0 Å². The molecule has 2 rings (SSSR count). The number of nitrogens with zero attached hydrogens (tertiary/aromatic N) is 2. The number of halogens is 2. The van der Waals surface area contributed by atoms with Gasteiger partial charge in [-0.2, -0.15) is 5.10 Å². The van der Waals surface area contributed by atoms with Crippen molar-refractivity contribution in [2.75, 3.05) is 17.3 Å². The first-order valence-electron chi connectivity index (χ1n) is 7.47. The fourth-order valence-corrected chi connectivity index (χ4v) is 4.39. The van der Waals surface area contributed by atoms with Crippen LogP contribution in [0.25, 0.3) is 0 Å². The summed E-state index contributed by atoms with van der Waals surface area (Å²) in [6, 6.07) is 6.38. The van der Waals surface area contributed by atoms with E-state index in [0.717, 1.165) is 29.1 Å². The normalized spacial score (nSPS) is 11.0. The van der Waals surface area contributed by atoms with Crippen LogP contribution in [0.5, 0.6) is 0 Å². The van der Waals surface area contributed by atoms with E-state index in [4.69, 9.17) is 0 Å². The lowest BCUT2D eigenvalue weighted by atomic mass is 10.3.